The van der Waals surface area contributed by atoms with Gasteiger partial charge in [0.25, 0.3) is 0 Å². The summed E-state index contributed by atoms with van der Waals surface area (Å²) in [6, 6.07) is 0. The summed E-state index contributed by atoms with van der Waals surface area (Å²) in [6.07, 6.45) is -21.1. The Morgan fingerprint density at radius 2 is 0.703 bits per heavy atom. The number of hydrogen-bond donors (Lipinski definition) is 14. The average Bonchev–Trinajstić information content (AvgIpc) is 1.67. The molecular weight excluding hydrogens is 1310 g/mol. The molecule has 4 saturated heterocycles. The number of nitrogen functional groups attached to an aromatic ring is 4. The van der Waals surface area contributed by atoms with E-state index in [4.69, 9.17) is 74.0 Å². The molecule has 8 aromatic rings. The van der Waals surface area contributed by atoms with Gasteiger partial charge in [-0.2, -0.15) is 0 Å². The van der Waals surface area contributed by atoms with Gasteiger partial charge < -0.3 is 101 Å². The van der Waals surface area contributed by atoms with E-state index in [0.29, 0.717) is 0 Å². The maximum atomic E-state index is 14.1. The number of imidazole rings is 4. The van der Waals surface area contributed by atoms with Gasteiger partial charge in [-0.05, 0) is 0 Å². The van der Waals surface area contributed by atoms with E-state index in [1.54, 1.807) is 0 Å². The molecule has 12 heterocycles. The molecule has 0 radical (unpaired) electrons. The zero-order valence-electron chi connectivity index (χ0n) is 45.9. The molecular formula is C42H54N20O25P4. The minimum atomic E-state index is -5.48. The number of phosphoric ester groups is 2. The maximum absolute atomic E-state index is 14.1. The molecule has 49 heteroatoms. The topological polar surface area (TPSA) is 651 Å². The number of aromatic nitrogens is 16. The van der Waals surface area contributed by atoms with Crippen LogP contribution in [0.5, 0.6) is 0 Å². The first-order valence-electron chi connectivity index (χ1n) is 26.4. The van der Waals surface area contributed by atoms with Gasteiger partial charge in [0, 0.05) is 0 Å². The number of phosphoric acid groups is 2. The molecule has 91 heavy (non-hydrogen) atoms. The first kappa shape index (κ1) is 64.6. The summed E-state index contributed by atoms with van der Waals surface area (Å²) in [5.74, 6) is -0.290. The summed E-state index contributed by atoms with van der Waals surface area (Å²) in [7, 11) is -20.8. The van der Waals surface area contributed by atoms with E-state index in [2.05, 4.69) is 59.8 Å². The van der Waals surface area contributed by atoms with Gasteiger partial charge >= 0.3 is 30.8 Å². The summed E-state index contributed by atoms with van der Waals surface area (Å²) in [4.78, 5) is 101. The van der Waals surface area contributed by atoms with Gasteiger partial charge in [0.15, 0.2) is 70.8 Å². The van der Waals surface area contributed by atoms with Crippen molar-refractivity contribution in [1.29, 1.82) is 0 Å². The number of hydrogen-bond acceptors (Lipinski definition) is 36. The van der Waals surface area contributed by atoms with Gasteiger partial charge in [-0.1, -0.05) is 0 Å². The van der Waals surface area contributed by atoms with Crippen LogP contribution in [-0.4, -0.2) is 240 Å². The highest BCUT2D eigenvalue weighted by atomic mass is 31.2. The molecule has 19 atom stereocenters. The van der Waals surface area contributed by atoms with E-state index < -0.39 is 168 Å². The molecule has 3 unspecified atom stereocenters. The molecule has 45 nitrogen and oxygen atoms in total. The van der Waals surface area contributed by atoms with Crippen molar-refractivity contribution < 1.29 is 119 Å². The lowest BCUT2D eigenvalue weighted by atomic mass is 10.1. The summed E-state index contributed by atoms with van der Waals surface area (Å²) < 4.78 is 120. The summed E-state index contributed by atoms with van der Waals surface area (Å²) in [5, 5.41) is 56.9. The lowest BCUT2D eigenvalue weighted by Crippen LogP contribution is -2.37. The van der Waals surface area contributed by atoms with Crippen molar-refractivity contribution in [2.75, 3.05) is 62.1 Å². The van der Waals surface area contributed by atoms with Crippen LogP contribution in [-0.2, 0) is 69.3 Å². The molecule has 8 aromatic heterocycles. The Kier molecular flexibility index (Phi) is 17.8. The molecule has 12 rings (SSSR count). The number of anilines is 4. The van der Waals surface area contributed by atoms with Crippen LogP contribution in [0, 0.1) is 0 Å². The number of nitrogens with zero attached hydrogens (tertiary/aromatic N) is 16. The minimum absolute atomic E-state index is 0.00246. The summed E-state index contributed by atoms with van der Waals surface area (Å²) in [6.45, 7) is -3.46. The van der Waals surface area contributed by atoms with E-state index in [-0.39, 0.29) is 67.9 Å². The number of nitrogens with two attached hydrogens (primary N) is 4. The van der Waals surface area contributed by atoms with Crippen LogP contribution >= 0.6 is 30.8 Å². The monoisotopic (exact) mass is 1360 g/mol. The van der Waals surface area contributed by atoms with E-state index in [1.807, 2.05) is 0 Å². The van der Waals surface area contributed by atoms with E-state index >= 15 is 0 Å². The Hall–Kier alpha value is -6.52. The molecule has 0 aliphatic carbocycles. The standard InChI is InChI=1S/C42H54N20O25P4/c43-31-19-35(51-5-47-31)59(9-55-19)39-27(67)23(63)17(81-39)3-79-90(73,74)86-30-25(65)16(83-42(30)62-12-58-22-34(46)50-8-54-38(22)62)2-78-14-89(71,72)85-28-26(66)18(84-40(28)60-10-56-20-32(44)48-6-52-36(20)60)4-80-91(75,76)87-29-24(64)15(1-77-13-88(68,69)70)82-41(29)61-11-57-21-33(45)49-7-53-37(21)61/h5-12,15-18,23-30,39-42,63-67H,1-4,13-14H2,(H,71,72)(H,73,74)(H,75,76)(H2,43,47,51)(H2,44,48,52)(H2,45,49,53)(H2,46,50,54)(H2,68,69,70)/t15-,16-,17-,18-,23-,24-,25-,26-,27-,28-,29+,30+,39-,40-,41-,42-/m1/s1. The SMILES string of the molecule is Nc1ncnc2c1ncn2[C@@H]1O[C@H](COP(=O)(O)O[C@H]2[C@H](O)[C@@H](COCP(=O)(O)O[C@@H]3[C@H](O)[C@@H](COP(=O)(O)O[C@H]4[C@H](O)[C@@H](COCP(=O)(O)O)O[C@H]4n4cnc5c(N)ncnc54)O[C@H]3n3cnc4c(N)ncnc43)O[C@H]2n2cnc3c(N)ncnc32)[C@@H](O)[C@H]1O. The maximum Gasteiger partial charge on any atom is 0.472 e. The summed E-state index contributed by atoms with van der Waals surface area (Å²) >= 11 is 0. The van der Waals surface area contributed by atoms with Crippen LogP contribution in [0.2, 0.25) is 0 Å². The first-order chi connectivity index (χ1) is 43.2. The largest absolute Gasteiger partial charge is 0.472 e. The third-order valence-corrected chi connectivity index (χ3v) is 18.2. The van der Waals surface area contributed by atoms with E-state index in [9.17, 15) is 68.3 Å². The van der Waals surface area contributed by atoms with Crippen LogP contribution in [0.25, 0.3) is 44.7 Å². The second kappa shape index (κ2) is 25.1. The third-order valence-electron chi connectivity index (χ3n) is 14.6. The summed E-state index contributed by atoms with van der Waals surface area (Å²) in [5.41, 5.74) is 24.1. The second-order valence-electron chi connectivity index (χ2n) is 20.6. The highest BCUT2D eigenvalue weighted by Crippen LogP contribution is 2.54. The van der Waals surface area contributed by atoms with Crippen molar-refractivity contribution in [2.24, 2.45) is 0 Å². The molecule has 492 valence electrons. The predicted octanol–water partition coefficient (Wildman–Crippen LogP) is -4.23. The fourth-order valence-electron chi connectivity index (χ4n) is 10.4. The lowest BCUT2D eigenvalue weighted by molar-refractivity contribution is -0.0670. The first-order valence-corrected chi connectivity index (χ1v) is 33.0. The molecule has 0 spiro atoms. The van der Waals surface area contributed by atoms with Crippen LogP contribution in [0.4, 0.5) is 23.3 Å². The van der Waals surface area contributed by atoms with Gasteiger partial charge in [-0.3, -0.25) is 50.0 Å². The van der Waals surface area contributed by atoms with Gasteiger partial charge in [-0.15, -0.1) is 0 Å². The molecule has 18 N–H and O–H groups in total. The van der Waals surface area contributed by atoms with Crippen LogP contribution < -0.4 is 22.9 Å². The Morgan fingerprint density at radius 1 is 0.396 bits per heavy atom. The fourth-order valence-corrected chi connectivity index (χ4v) is 13.6. The Morgan fingerprint density at radius 3 is 1.07 bits per heavy atom. The van der Waals surface area contributed by atoms with Crippen molar-refractivity contribution in [2.45, 2.75) is 98.2 Å². The quantitative estimate of drug-likeness (QED) is 0.0255. The minimum Gasteiger partial charge on any atom is -0.387 e. The van der Waals surface area contributed by atoms with Gasteiger partial charge in [0.2, 0.25) is 0 Å². The highest BCUT2D eigenvalue weighted by Gasteiger charge is 2.55. The highest BCUT2D eigenvalue weighted by molar-refractivity contribution is 7.52. The number of rotatable bonds is 24. The third kappa shape index (κ3) is 13.0. The molecule has 4 fully saturated rings. The number of aliphatic hydroxyl groups excluding tert-OH is 5. The van der Waals surface area contributed by atoms with Crippen LogP contribution in [0.3, 0.4) is 0 Å². The molecule has 0 bridgehead atoms. The molecule has 4 aliphatic heterocycles. The Balaban J connectivity index is 0.729. The number of fused-ring (bicyclic) bond motifs is 4. The lowest BCUT2D eigenvalue weighted by Gasteiger charge is -2.25. The van der Waals surface area contributed by atoms with Crippen molar-refractivity contribution in [3.63, 3.8) is 0 Å². The van der Waals surface area contributed by atoms with Gasteiger partial charge in [0.1, 0.15) is 133 Å². The van der Waals surface area contributed by atoms with Crippen LogP contribution in [0.1, 0.15) is 24.9 Å². The zero-order chi connectivity index (χ0) is 64.6. The predicted molar refractivity (Wildman–Crippen MR) is 294 cm³/mol. The van der Waals surface area contributed by atoms with Crippen molar-refractivity contribution in [1.82, 2.24) is 78.1 Å². The normalized spacial score (nSPS) is 30.9. The number of aliphatic hydroxyl groups is 5. The van der Waals surface area contributed by atoms with Crippen LogP contribution in [0.15, 0.2) is 50.6 Å². The molecule has 4 aliphatic rings. The van der Waals surface area contributed by atoms with E-state index in [1.165, 1.54) is 10.9 Å². The van der Waals surface area contributed by atoms with Gasteiger partial charge in [0.05, 0.1) is 51.7 Å². The average molecular weight is 1360 g/mol. The Labute approximate surface area is 505 Å². The molecule has 0 saturated carbocycles. The fraction of sp³-hybridized carbons (Fsp3) is 0.524. The van der Waals surface area contributed by atoms with Crippen molar-refractivity contribution in [3.05, 3.63) is 50.6 Å². The van der Waals surface area contributed by atoms with E-state index in [0.717, 1.165) is 58.0 Å². The number of ether oxygens (including phenoxy) is 6. The molecule has 0 aromatic carbocycles. The smallest absolute Gasteiger partial charge is 0.387 e. The van der Waals surface area contributed by atoms with Crippen molar-refractivity contribution >= 4 is 98.8 Å². The van der Waals surface area contributed by atoms with Crippen molar-refractivity contribution in [3.8, 4) is 0 Å². The van der Waals surface area contributed by atoms with Gasteiger partial charge in [-0.25, -0.2) is 68.9 Å². The second-order valence-corrected chi connectivity index (χ2v) is 26.7. The zero-order valence-corrected chi connectivity index (χ0v) is 49.5. The molecule has 0 amide bonds. The Bertz CT molecular complexity index is 4190.